The molecule has 21 heavy (non-hydrogen) atoms. The minimum Gasteiger partial charge on any atom is -0.387 e. The number of hydrogen-bond donors (Lipinski definition) is 2. The van der Waals surface area contributed by atoms with Crippen molar-refractivity contribution in [2.24, 2.45) is 11.8 Å². The molecule has 2 nitrogen and oxygen atoms in total. The molecule has 3 unspecified atom stereocenters. The lowest BCUT2D eigenvalue weighted by molar-refractivity contribution is 0.157. The molecule has 1 fully saturated rings. The summed E-state index contributed by atoms with van der Waals surface area (Å²) in [5, 5.41) is 13.9. The van der Waals surface area contributed by atoms with Crippen molar-refractivity contribution in [2.45, 2.75) is 65.0 Å². The molecule has 1 aliphatic rings. The Balaban J connectivity index is 1.83. The number of nitrogens with one attached hydrogen (secondary N) is 1. The number of rotatable bonds is 6. The second-order valence-corrected chi connectivity index (χ2v) is 7.13. The Morgan fingerprint density at radius 1 is 1.14 bits per heavy atom. The van der Waals surface area contributed by atoms with Crippen LogP contribution >= 0.6 is 0 Å². The maximum Gasteiger partial charge on any atom is 0.0914 e. The number of aliphatic hydroxyl groups excluding tert-OH is 1. The highest BCUT2D eigenvalue weighted by Gasteiger charge is 2.21. The van der Waals surface area contributed by atoms with Crippen LogP contribution in [0.15, 0.2) is 24.3 Å². The van der Waals surface area contributed by atoms with E-state index in [0.717, 1.165) is 17.9 Å². The predicted molar refractivity (Wildman–Crippen MR) is 89.4 cm³/mol. The van der Waals surface area contributed by atoms with E-state index < -0.39 is 6.10 Å². The Hall–Kier alpha value is -0.860. The first-order valence-electron chi connectivity index (χ1n) is 8.56. The van der Waals surface area contributed by atoms with Gasteiger partial charge < -0.3 is 10.4 Å². The molecule has 0 spiro atoms. The standard InChI is InChI=1S/C19H31NO/c1-14(2)12-16-8-10-17(11-9-16)19(21)13-20-18-7-5-4-6-15(18)3/h8-11,14-15,18-21H,4-7,12-13H2,1-3H3. The van der Waals surface area contributed by atoms with E-state index in [4.69, 9.17) is 0 Å². The van der Waals surface area contributed by atoms with Crippen molar-refractivity contribution < 1.29 is 5.11 Å². The maximum atomic E-state index is 10.3. The topological polar surface area (TPSA) is 32.3 Å². The molecule has 118 valence electrons. The van der Waals surface area contributed by atoms with E-state index >= 15 is 0 Å². The summed E-state index contributed by atoms with van der Waals surface area (Å²) in [5.41, 5.74) is 2.38. The molecule has 2 N–H and O–H groups in total. The fourth-order valence-electron chi connectivity index (χ4n) is 3.35. The second-order valence-electron chi connectivity index (χ2n) is 7.13. The van der Waals surface area contributed by atoms with Crippen LogP contribution in [0.5, 0.6) is 0 Å². The molecule has 2 rings (SSSR count). The van der Waals surface area contributed by atoms with Gasteiger partial charge in [0.05, 0.1) is 6.10 Å². The van der Waals surface area contributed by atoms with Crippen molar-refractivity contribution >= 4 is 0 Å². The Morgan fingerprint density at radius 2 is 1.81 bits per heavy atom. The minimum absolute atomic E-state index is 0.396. The highest BCUT2D eigenvalue weighted by atomic mass is 16.3. The zero-order chi connectivity index (χ0) is 15.2. The molecule has 0 aromatic heterocycles. The molecule has 1 saturated carbocycles. The average Bonchev–Trinajstić information content (AvgIpc) is 2.46. The largest absolute Gasteiger partial charge is 0.387 e. The summed E-state index contributed by atoms with van der Waals surface area (Å²) in [7, 11) is 0. The number of hydrogen-bond acceptors (Lipinski definition) is 2. The third-order valence-electron chi connectivity index (χ3n) is 4.69. The molecule has 0 bridgehead atoms. The average molecular weight is 289 g/mol. The third-order valence-corrected chi connectivity index (χ3v) is 4.69. The molecule has 0 saturated heterocycles. The quantitative estimate of drug-likeness (QED) is 0.827. The second kappa shape index (κ2) is 7.95. The van der Waals surface area contributed by atoms with E-state index in [1.54, 1.807) is 0 Å². The van der Waals surface area contributed by atoms with Crippen LogP contribution in [0.3, 0.4) is 0 Å². The van der Waals surface area contributed by atoms with Crippen molar-refractivity contribution in [2.75, 3.05) is 6.54 Å². The Morgan fingerprint density at radius 3 is 2.43 bits per heavy atom. The van der Waals surface area contributed by atoms with Gasteiger partial charge in [-0.1, -0.05) is 57.9 Å². The van der Waals surface area contributed by atoms with Gasteiger partial charge in [0, 0.05) is 12.6 Å². The molecular weight excluding hydrogens is 258 g/mol. The molecule has 0 radical (unpaired) electrons. The molecular formula is C19H31NO. The van der Waals surface area contributed by atoms with Crippen molar-refractivity contribution in [1.82, 2.24) is 5.32 Å². The van der Waals surface area contributed by atoms with E-state index in [9.17, 15) is 5.11 Å². The Bertz CT molecular complexity index is 412. The van der Waals surface area contributed by atoms with Gasteiger partial charge in [0.25, 0.3) is 0 Å². The monoisotopic (exact) mass is 289 g/mol. The molecule has 3 atom stereocenters. The summed E-state index contributed by atoms with van der Waals surface area (Å²) in [6, 6.07) is 9.04. The van der Waals surface area contributed by atoms with Gasteiger partial charge in [-0.2, -0.15) is 0 Å². The number of aliphatic hydroxyl groups is 1. The highest BCUT2D eigenvalue weighted by molar-refractivity contribution is 5.24. The molecule has 1 aromatic carbocycles. The van der Waals surface area contributed by atoms with E-state index in [-0.39, 0.29) is 0 Å². The van der Waals surface area contributed by atoms with Crippen molar-refractivity contribution in [3.63, 3.8) is 0 Å². The summed E-state index contributed by atoms with van der Waals surface area (Å²) < 4.78 is 0. The van der Waals surface area contributed by atoms with Crippen LogP contribution in [0.25, 0.3) is 0 Å². The molecule has 2 heteroatoms. The summed E-state index contributed by atoms with van der Waals surface area (Å²) in [6.07, 6.45) is 5.96. The fraction of sp³-hybridized carbons (Fsp3) is 0.684. The first-order valence-corrected chi connectivity index (χ1v) is 8.56. The SMILES string of the molecule is CC(C)Cc1ccc(C(O)CNC2CCCCC2C)cc1. The maximum absolute atomic E-state index is 10.3. The van der Waals surface area contributed by atoms with E-state index in [1.807, 2.05) is 0 Å². The normalized spacial score (nSPS) is 24.2. The predicted octanol–water partition coefficient (Wildman–Crippen LogP) is 4.09. The van der Waals surface area contributed by atoms with Crippen molar-refractivity contribution in [3.8, 4) is 0 Å². The molecule has 0 amide bonds. The Labute approximate surface area is 130 Å². The van der Waals surface area contributed by atoms with Crippen LogP contribution in [0, 0.1) is 11.8 Å². The molecule has 1 aromatic rings. The third kappa shape index (κ3) is 5.12. The van der Waals surface area contributed by atoms with Gasteiger partial charge >= 0.3 is 0 Å². The van der Waals surface area contributed by atoms with Gasteiger partial charge in [-0.05, 0) is 42.2 Å². The zero-order valence-corrected chi connectivity index (χ0v) is 13.8. The van der Waals surface area contributed by atoms with E-state index in [1.165, 1.54) is 31.2 Å². The van der Waals surface area contributed by atoms with Crippen molar-refractivity contribution in [3.05, 3.63) is 35.4 Å². The molecule has 1 aliphatic carbocycles. The van der Waals surface area contributed by atoms with Crippen LogP contribution in [0.4, 0.5) is 0 Å². The van der Waals surface area contributed by atoms with E-state index in [2.05, 4.69) is 50.4 Å². The van der Waals surface area contributed by atoms with Crippen LogP contribution in [-0.4, -0.2) is 17.7 Å². The zero-order valence-electron chi connectivity index (χ0n) is 13.8. The summed E-state index contributed by atoms with van der Waals surface area (Å²) in [6.45, 7) is 7.46. The first-order chi connectivity index (χ1) is 10.1. The van der Waals surface area contributed by atoms with Crippen LogP contribution in [0.1, 0.15) is 63.7 Å². The van der Waals surface area contributed by atoms with Gasteiger partial charge in [-0.3, -0.25) is 0 Å². The van der Waals surface area contributed by atoms with Gasteiger partial charge in [0.15, 0.2) is 0 Å². The van der Waals surface area contributed by atoms with Crippen molar-refractivity contribution in [1.29, 1.82) is 0 Å². The fourth-order valence-corrected chi connectivity index (χ4v) is 3.35. The lowest BCUT2D eigenvalue weighted by Gasteiger charge is -2.30. The van der Waals surface area contributed by atoms with Crippen LogP contribution in [-0.2, 0) is 6.42 Å². The lowest BCUT2D eigenvalue weighted by atomic mass is 9.86. The summed E-state index contributed by atoms with van der Waals surface area (Å²) in [4.78, 5) is 0. The first kappa shape index (κ1) is 16.5. The van der Waals surface area contributed by atoms with Gasteiger partial charge in [0.2, 0.25) is 0 Å². The van der Waals surface area contributed by atoms with Gasteiger partial charge in [-0.25, -0.2) is 0 Å². The minimum atomic E-state index is -0.396. The van der Waals surface area contributed by atoms with Gasteiger partial charge in [0.1, 0.15) is 0 Å². The molecule has 0 aliphatic heterocycles. The van der Waals surface area contributed by atoms with Gasteiger partial charge in [-0.15, -0.1) is 0 Å². The smallest absolute Gasteiger partial charge is 0.0914 e. The number of benzene rings is 1. The van der Waals surface area contributed by atoms with Crippen LogP contribution < -0.4 is 5.32 Å². The van der Waals surface area contributed by atoms with E-state index in [0.29, 0.717) is 18.5 Å². The van der Waals surface area contributed by atoms with Crippen LogP contribution in [0.2, 0.25) is 0 Å². The molecule has 0 heterocycles. The summed E-state index contributed by atoms with van der Waals surface area (Å²) >= 11 is 0. The Kier molecular flexibility index (Phi) is 6.25. The summed E-state index contributed by atoms with van der Waals surface area (Å²) in [5.74, 6) is 1.41. The highest BCUT2D eigenvalue weighted by Crippen LogP contribution is 2.24. The lowest BCUT2D eigenvalue weighted by Crippen LogP contribution is -2.39.